The molecule has 1 unspecified atom stereocenters. The van der Waals surface area contributed by atoms with Crippen LogP contribution in [0.5, 0.6) is 0 Å². The lowest BCUT2D eigenvalue weighted by molar-refractivity contribution is -0.136. The fraction of sp³-hybridized carbons (Fsp3) is 0.500. The Balaban J connectivity index is 3.94. The molecule has 0 saturated heterocycles. The van der Waals surface area contributed by atoms with Gasteiger partial charge in [0.05, 0.1) is 6.61 Å². The third kappa shape index (κ3) is 6.69. The Morgan fingerprint density at radius 1 is 1.54 bits per heavy atom. The second kappa shape index (κ2) is 5.89. The SMILES string of the molecule is CCOC(=O)C#CC(C)OC(N)=O. The number of ether oxygens (including phenoxy) is 2. The van der Waals surface area contributed by atoms with Gasteiger partial charge in [-0.1, -0.05) is 0 Å². The molecule has 13 heavy (non-hydrogen) atoms. The second-order valence-corrected chi connectivity index (χ2v) is 2.07. The van der Waals surface area contributed by atoms with Crippen LogP contribution >= 0.6 is 0 Å². The molecule has 0 saturated carbocycles. The smallest absolute Gasteiger partial charge is 0.405 e. The van der Waals surface area contributed by atoms with Crippen LogP contribution in [0.25, 0.3) is 0 Å². The minimum absolute atomic E-state index is 0.262. The number of nitrogens with two attached hydrogens (primary N) is 1. The van der Waals surface area contributed by atoms with Crippen molar-refractivity contribution in [2.45, 2.75) is 20.0 Å². The van der Waals surface area contributed by atoms with Crippen LogP contribution in [0.4, 0.5) is 4.79 Å². The molecule has 0 radical (unpaired) electrons. The molecule has 2 N–H and O–H groups in total. The Labute approximate surface area is 76.2 Å². The lowest BCUT2D eigenvalue weighted by atomic mass is 10.4. The fourth-order valence-corrected chi connectivity index (χ4v) is 0.531. The Morgan fingerprint density at radius 2 is 2.15 bits per heavy atom. The zero-order valence-electron chi connectivity index (χ0n) is 7.49. The van der Waals surface area contributed by atoms with Crippen molar-refractivity contribution in [1.82, 2.24) is 0 Å². The highest BCUT2D eigenvalue weighted by Gasteiger charge is 2.01. The first-order valence-electron chi connectivity index (χ1n) is 3.70. The third-order valence-corrected chi connectivity index (χ3v) is 0.946. The average molecular weight is 185 g/mol. The van der Waals surface area contributed by atoms with Gasteiger partial charge in [0.25, 0.3) is 0 Å². The summed E-state index contributed by atoms with van der Waals surface area (Å²) >= 11 is 0. The van der Waals surface area contributed by atoms with Gasteiger partial charge in [-0.05, 0) is 19.8 Å². The van der Waals surface area contributed by atoms with Gasteiger partial charge in [0.15, 0.2) is 6.10 Å². The van der Waals surface area contributed by atoms with Gasteiger partial charge in [0.2, 0.25) is 0 Å². The van der Waals surface area contributed by atoms with E-state index in [1.54, 1.807) is 6.92 Å². The number of hydrogen-bond donors (Lipinski definition) is 1. The second-order valence-electron chi connectivity index (χ2n) is 2.07. The van der Waals surface area contributed by atoms with Crippen LogP contribution in [0.1, 0.15) is 13.8 Å². The minimum Gasteiger partial charge on any atom is -0.456 e. The van der Waals surface area contributed by atoms with Crippen LogP contribution in [-0.2, 0) is 14.3 Å². The van der Waals surface area contributed by atoms with Gasteiger partial charge in [0.1, 0.15) is 0 Å². The fourth-order valence-electron chi connectivity index (χ4n) is 0.531. The van der Waals surface area contributed by atoms with Gasteiger partial charge >= 0.3 is 12.1 Å². The van der Waals surface area contributed by atoms with Crippen LogP contribution in [-0.4, -0.2) is 24.8 Å². The molecule has 1 amide bonds. The first-order chi connectivity index (χ1) is 6.06. The number of hydrogen-bond acceptors (Lipinski definition) is 4. The summed E-state index contributed by atoms with van der Waals surface area (Å²) in [6, 6.07) is 0. The number of primary amides is 1. The van der Waals surface area contributed by atoms with Crippen LogP contribution in [0, 0.1) is 11.8 Å². The molecule has 0 aliphatic carbocycles. The highest BCUT2D eigenvalue weighted by atomic mass is 16.6. The summed E-state index contributed by atoms with van der Waals surface area (Å²) in [5.74, 6) is 3.85. The lowest BCUT2D eigenvalue weighted by Crippen LogP contribution is -2.19. The van der Waals surface area contributed by atoms with Crippen LogP contribution in [0.2, 0.25) is 0 Å². The summed E-state index contributed by atoms with van der Waals surface area (Å²) in [6.45, 7) is 3.43. The van der Waals surface area contributed by atoms with E-state index in [1.807, 2.05) is 0 Å². The summed E-state index contributed by atoms with van der Waals surface area (Å²) in [7, 11) is 0. The average Bonchev–Trinajstić information content (AvgIpc) is 2.00. The topological polar surface area (TPSA) is 78.6 Å². The molecule has 0 spiro atoms. The van der Waals surface area contributed by atoms with Crippen molar-refractivity contribution >= 4 is 12.1 Å². The van der Waals surface area contributed by atoms with E-state index in [2.05, 4.69) is 21.3 Å². The number of esters is 1. The maximum absolute atomic E-state index is 10.7. The molecule has 0 heterocycles. The van der Waals surface area contributed by atoms with Crippen molar-refractivity contribution < 1.29 is 19.1 Å². The summed E-state index contributed by atoms with van der Waals surface area (Å²) in [4.78, 5) is 20.9. The van der Waals surface area contributed by atoms with Crippen molar-refractivity contribution in [2.75, 3.05) is 6.61 Å². The van der Waals surface area contributed by atoms with Gasteiger partial charge < -0.3 is 15.2 Å². The van der Waals surface area contributed by atoms with Crippen molar-refractivity contribution in [3.8, 4) is 11.8 Å². The number of rotatable bonds is 2. The quantitative estimate of drug-likeness (QED) is 0.374. The monoisotopic (exact) mass is 185 g/mol. The molecule has 0 rings (SSSR count). The maximum Gasteiger partial charge on any atom is 0.405 e. The van der Waals surface area contributed by atoms with Crippen molar-refractivity contribution in [3.05, 3.63) is 0 Å². The third-order valence-electron chi connectivity index (χ3n) is 0.946. The van der Waals surface area contributed by atoms with E-state index in [1.165, 1.54) is 6.92 Å². The zero-order valence-corrected chi connectivity index (χ0v) is 7.49. The van der Waals surface area contributed by atoms with E-state index in [0.29, 0.717) is 0 Å². The van der Waals surface area contributed by atoms with E-state index in [0.717, 1.165) is 0 Å². The first kappa shape index (κ1) is 11.3. The van der Waals surface area contributed by atoms with Crippen LogP contribution < -0.4 is 5.73 Å². The summed E-state index contributed by atoms with van der Waals surface area (Å²) < 4.78 is 8.95. The van der Waals surface area contributed by atoms with Crippen LogP contribution in [0.3, 0.4) is 0 Å². The molecule has 0 aromatic heterocycles. The summed E-state index contributed by atoms with van der Waals surface area (Å²) in [6.07, 6.45) is -1.63. The Morgan fingerprint density at radius 3 is 2.62 bits per heavy atom. The maximum atomic E-state index is 10.7. The largest absolute Gasteiger partial charge is 0.456 e. The van der Waals surface area contributed by atoms with Crippen molar-refractivity contribution in [1.29, 1.82) is 0 Å². The molecule has 0 bridgehead atoms. The Kier molecular flexibility index (Phi) is 5.12. The predicted molar refractivity (Wildman–Crippen MR) is 44.5 cm³/mol. The molecule has 0 aliphatic rings. The van der Waals surface area contributed by atoms with Crippen molar-refractivity contribution in [2.24, 2.45) is 5.73 Å². The predicted octanol–water partition coefficient (Wildman–Crippen LogP) is 0.0367. The molecule has 0 aromatic rings. The van der Waals surface area contributed by atoms with E-state index in [-0.39, 0.29) is 6.61 Å². The van der Waals surface area contributed by atoms with Crippen molar-refractivity contribution in [3.63, 3.8) is 0 Å². The molecular formula is C8H11NO4. The number of carbonyl (C=O) groups excluding carboxylic acids is 2. The molecule has 5 heteroatoms. The minimum atomic E-state index is -0.925. The molecular weight excluding hydrogens is 174 g/mol. The van der Waals surface area contributed by atoms with Crippen LogP contribution in [0.15, 0.2) is 0 Å². The number of carbonyl (C=O) groups is 2. The zero-order chi connectivity index (χ0) is 10.3. The van der Waals surface area contributed by atoms with Gasteiger partial charge in [-0.25, -0.2) is 9.59 Å². The molecule has 0 aliphatic heterocycles. The summed E-state index contributed by atoms with van der Waals surface area (Å²) in [5.41, 5.74) is 4.71. The first-order valence-corrected chi connectivity index (χ1v) is 3.70. The van der Waals surface area contributed by atoms with Gasteiger partial charge in [-0.15, -0.1) is 0 Å². The highest BCUT2D eigenvalue weighted by molar-refractivity contribution is 5.88. The van der Waals surface area contributed by atoms with Gasteiger partial charge in [0, 0.05) is 5.92 Å². The van der Waals surface area contributed by atoms with E-state index >= 15 is 0 Å². The van der Waals surface area contributed by atoms with E-state index in [9.17, 15) is 9.59 Å². The highest BCUT2D eigenvalue weighted by Crippen LogP contribution is 1.87. The number of amides is 1. The van der Waals surface area contributed by atoms with Gasteiger partial charge in [-0.2, -0.15) is 0 Å². The van der Waals surface area contributed by atoms with E-state index < -0.39 is 18.2 Å². The molecule has 0 aromatic carbocycles. The molecule has 1 atom stereocenters. The standard InChI is InChI=1S/C8H11NO4/c1-3-12-7(10)5-4-6(2)13-8(9)11/h6H,3H2,1-2H3,(H2,9,11). The van der Waals surface area contributed by atoms with Gasteiger partial charge in [-0.3, -0.25) is 0 Å². The molecule has 72 valence electrons. The molecule has 5 nitrogen and oxygen atoms in total. The van der Waals surface area contributed by atoms with E-state index in [4.69, 9.17) is 5.73 Å². The Hall–Kier alpha value is -1.70. The normalized spacial score (nSPS) is 10.6. The molecule has 0 fully saturated rings. The Bertz CT molecular complexity index is 251. The lowest BCUT2D eigenvalue weighted by Gasteiger charge is -2.01. The summed E-state index contributed by atoms with van der Waals surface area (Å²) in [5, 5.41) is 0.